The molecule has 1 amide bonds. The van der Waals surface area contributed by atoms with E-state index in [1.165, 1.54) is 0 Å². The zero-order valence-corrected chi connectivity index (χ0v) is 21.5. The molecule has 1 saturated heterocycles. The van der Waals surface area contributed by atoms with Gasteiger partial charge in [-0.1, -0.05) is 24.6 Å². The second-order valence-electron chi connectivity index (χ2n) is 10.6. The monoisotopic (exact) mass is 502 g/mol. The Kier molecular flexibility index (Phi) is 6.16. The van der Waals surface area contributed by atoms with Crippen molar-refractivity contribution in [3.8, 4) is 22.7 Å². The minimum Gasteiger partial charge on any atom is -0.488 e. The number of anilines is 1. The number of methoxy groups -OCH3 is 1. The molecule has 194 valence electrons. The van der Waals surface area contributed by atoms with Crippen molar-refractivity contribution in [2.24, 2.45) is 0 Å². The number of ether oxygens (including phenoxy) is 2. The molecule has 6 rings (SSSR count). The highest BCUT2D eigenvalue weighted by atomic mass is 16.5. The van der Waals surface area contributed by atoms with Gasteiger partial charge in [-0.2, -0.15) is 0 Å². The molecule has 0 unspecified atom stereocenters. The molecule has 2 aromatic carbocycles. The van der Waals surface area contributed by atoms with E-state index in [0.29, 0.717) is 18.9 Å². The molecule has 0 atom stereocenters. The number of fused-ring (bicyclic) bond motifs is 2. The van der Waals surface area contributed by atoms with E-state index in [-0.39, 0.29) is 17.7 Å². The van der Waals surface area contributed by atoms with Gasteiger partial charge in [-0.3, -0.25) is 13.9 Å². The maximum atomic E-state index is 13.6. The fourth-order valence-corrected chi connectivity index (χ4v) is 5.90. The number of carbonyl (C=O) groups is 1. The van der Waals surface area contributed by atoms with E-state index >= 15 is 0 Å². The molecule has 8 heteroatoms. The largest absolute Gasteiger partial charge is 0.488 e. The second kappa shape index (κ2) is 9.50. The third-order valence-electron chi connectivity index (χ3n) is 8.26. The Morgan fingerprint density at radius 1 is 1.08 bits per heavy atom. The summed E-state index contributed by atoms with van der Waals surface area (Å²) in [7, 11) is 3.77. The first kappa shape index (κ1) is 24.0. The number of amides is 1. The Hall–Kier alpha value is -3.36. The van der Waals surface area contributed by atoms with Gasteiger partial charge in [0.05, 0.1) is 35.6 Å². The fraction of sp³-hybridized carbons (Fsp3) is 0.448. The lowest BCUT2D eigenvalue weighted by Gasteiger charge is -2.36. The number of aromatic nitrogens is 2. The Morgan fingerprint density at radius 3 is 2.51 bits per heavy atom. The lowest BCUT2D eigenvalue weighted by molar-refractivity contribution is -0.123. The van der Waals surface area contributed by atoms with Crippen LogP contribution in [0.4, 0.5) is 5.69 Å². The number of hydrogen-bond acceptors (Lipinski definition) is 5. The van der Waals surface area contributed by atoms with Gasteiger partial charge in [-0.05, 0) is 62.6 Å². The van der Waals surface area contributed by atoms with Crippen LogP contribution in [0.15, 0.2) is 53.5 Å². The van der Waals surface area contributed by atoms with Gasteiger partial charge < -0.3 is 19.7 Å². The van der Waals surface area contributed by atoms with Crippen molar-refractivity contribution in [3.05, 3.63) is 64.7 Å². The van der Waals surface area contributed by atoms with Gasteiger partial charge in [-0.25, -0.2) is 4.79 Å². The SMILES string of the molecule is COCCn1cc(-c2cc(OC3CCN(C)CC3)c3c(c2)C2(CCC2)C(=O)N3)n(-c2ccccc2)c1=O. The average Bonchev–Trinajstić information content (AvgIpc) is 3.38. The molecule has 1 aromatic heterocycles. The van der Waals surface area contributed by atoms with Crippen LogP contribution >= 0.6 is 0 Å². The summed E-state index contributed by atoms with van der Waals surface area (Å²) >= 11 is 0. The summed E-state index contributed by atoms with van der Waals surface area (Å²) in [6, 6.07) is 13.8. The number of nitrogens with one attached hydrogen (secondary N) is 1. The lowest BCUT2D eigenvalue weighted by atomic mass is 9.65. The van der Waals surface area contributed by atoms with Crippen LogP contribution in [0.3, 0.4) is 0 Å². The van der Waals surface area contributed by atoms with E-state index in [1.807, 2.05) is 42.6 Å². The summed E-state index contributed by atoms with van der Waals surface area (Å²) in [5.74, 6) is 0.771. The van der Waals surface area contributed by atoms with Gasteiger partial charge in [-0.15, -0.1) is 0 Å². The Balaban J connectivity index is 1.50. The van der Waals surface area contributed by atoms with Crippen molar-refractivity contribution in [3.63, 3.8) is 0 Å². The summed E-state index contributed by atoms with van der Waals surface area (Å²) in [5, 5.41) is 3.16. The minimum atomic E-state index is -0.493. The number of benzene rings is 2. The van der Waals surface area contributed by atoms with Crippen LogP contribution in [0.25, 0.3) is 16.9 Å². The number of nitrogens with zero attached hydrogens (tertiary/aromatic N) is 3. The van der Waals surface area contributed by atoms with Crippen LogP contribution in [0.1, 0.15) is 37.7 Å². The Bertz CT molecular complexity index is 1360. The molecule has 8 nitrogen and oxygen atoms in total. The molecule has 1 aliphatic carbocycles. The summed E-state index contributed by atoms with van der Waals surface area (Å²) in [4.78, 5) is 29.1. The summed E-state index contributed by atoms with van der Waals surface area (Å²) in [5.41, 5.74) is 3.64. The van der Waals surface area contributed by atoms with Gasteiger partial charge in [0, 0.05) is 32.0 Å². The number of rotatable bonds is 7. The Labute approximate surface area is 216 Å². The van der Waals surface area contributed by atoms with E-state index in [9.17, 15) is 9.59 Å². The average molecular weight is 503 g/mol. The van der Waals surface area contributed by atoms with Crippen LogP contribution < -0.4 is 15.7 Å². The molecule has 3 heterocycles. The van der Waals surface area contributed by atoms with Crippen molar-refractivity contribution < 1.29 is 14.3 Å². The van der Waals surface area contributed by atoms with Crippen molar-refractivity contribution in [2.45, 2.75) is 50.2 Å². The highest BCUT2D eigenvalue weighted by molar-refractivity contribution is 6.09. The van der Waals surface area contributed by atoms with E-state index in [0.717, 1.165) is 73.4 Å². The molecule has 1 saturated carbocycles. The van der Waals surface area contributed by atoms with Crippen LogP contribution in [-0.4, -0.2) is 59.9 Å². The molecule has 37 heavy (non-hydrogen) atoms. The molecule has 3 aliphatic rings. The van der Waals surface area contributed by atoms with Gasteiger partial charge in [0.2, 0.25) is 5.91 Å². The second-order valence-corrected chi connectivity index (χ2v) is 10.6. The molecular formula is C29H34N4O4. The van der Waals surface area contributed by atoms with E-state index < -0.39 is 5.41 Å². The highest BCUT2D eigenvalue weighted by Crippen LogP contribution is 2.55. The third-order valence-corrected chi connectivity index (χ3v) is 8.26. The molecule has 1 spiro atoms. The Morgan fingerprint density at radius 2 is 1.84 bits per heavy atom. The maximum absolute atomic E-state index is 13.6. The van der Waals surface area contributed by atoms with Crippen molar-refractivity contribution in [2.75, 3.05) is 39.2 Å². The van der Waals surface area contributed by atoms with Gasteiger partial charge in [0.1, 0.15) is 11.9 Å². The number of carbonyl (C=O) groups excluding carboxylic acids is 1. The van der Waals surface area contributed by atoms with E-state index in [1.54, 1.807) is 16.2 Å². The smallest absolute Gasteiger partial charge is 0.333 e. The van der Waals surface area contributed by atoms with Gasteiger partial charge in [0.15, 0.2) is 0 Å². The van der Waals surface area contributed by atoms with Crippen LogP contribution in [0, 0.1) is 0 Å². The normalized spacial score (nSPS) is 19.0. The lowest BCUT2D eigenvalue weighted by Crippen LogP contribution is -2.40. The number of piperidine rings is 1. The first-order valence-corrected chi connectivity index (χ1v) is 13.2. The number of imidazole rings is 1. The predicted octanol–water partition coefficient (Wildman–Crippen LogP) is 3.80. The molecule has 0 radical (unpaired) electrons. The number of hydrogen-bond donors (Lipinski definition) is 1. The quantitative estimate of drug-likeness (QED) is 0.532. The summed E-state index contributed by atoms with van der Waals surface area (Å²) in [6.07, 6.45) is 6.57. The summed E-state index contributed by atoms with van der Waals surface area (Å²) in [6.45, 7) is 2.86. The first-order chi connectivity index (χ1) is 18.0. The summed E-state index contributed by atoms with van der Waals surface area (Å²) < 4.78 is 15.3. The predicted molar refractivity (Wildman–Crippen MR) is 143 cm³/mol. The maximum Gasteiger partial charge on any atom is 0.333 e. The number of para-hydroxylation sites is 1. The fourth-order valence-electron chi connectivity index (χ4n) is 5.90. The van der Waals surface area contributed by atoms with Gasteiger partial charge >= 0.3 is 5.69 Å². The van der Waals surface area contributed by atoms with Crippen LogP contribution in [-0.2, 0) is 21.5 Å². The topological polar surface area (TPSA) is 77.7 Å². The number of likely N-dealkylation sites (tertiary alicyclic amines) is 1. The van der Waals surface area contributed by atoms with E-state index in [2.05, 4.69) is 23.3 Å². The highest BCUT2D eigenvalue weighted by Gasteiger charge is 2.52. The van der Waals surface area contributed by atoms with Crippen molar-refractivity contribution in [1.29, 1.82) is 0 Å². The molecule has 3 aromatic rings. The van der Waals surface area contributed by atoms with Crippen molar-refractivity contribution >= 4 is 11.6 Å². The minimum absolute atomic E-state index is 0.0669. The molecular weight excluding hydrogens is 468 g/mol. The van der Waals surface area contributed by atoms with Crippen LogP contribution in [0.2, 0.25) is 0 Å². The molecule has 2 aliphatic heterocycles. The molecule has 1 N–H and O–H groups in total. The van der Waals surface area contributed by atoms with E-state index in [4.69, 9.17) is 9.47 Å². The molecule has 2 fully saturated rings. The van der Waals surface area contributed by atoms with Crippen molar-refractivity contribution in [1.82, 2.24) is 14.0 Å². The van der Waals surface area contributed by atoms with Crippen LogP contribution in [0.5, 0.6) is 5.75 Å². The third kappa shape index (κ3) is 4.08. The first-order valence-electron chi connectivity index (χ1n) is 13.2. The zero-order valence-electron chi connectivity index (χ0n) is 21.5. The zero-order chi connectivity index (χ0) is 25.6. The standard InChI is InChI=1S/C29H34N4O4/c1-31-13-9-22(10-14-31)37-25-18-20(17-23-26(25)30-27(34)29(23)11-6-12-29)24-19-32(15-16-36-2)28(35)33(24)21-7-4-3-5-8-21/h3-5,7-8,17-19,22H,6,9-16H2,1-2H3,(H,30,34). The molecule has 0 bridgehead atoms. The van der Waals surface area contributed by atoms with Gasteiger partial charge in [0.25, 0.3) is 0 Å².